The Morgan fingerprint density at radius 3 is 2.50 bits per heavy atom. The summed E-state index contributed by atoms with van der Waals surface area (Å²) in [6.45, 7) is 7.14. The van der Waals surface area contributed by atoms with Gasteiger partial charge in [-0.3, -0.25) is 14.4 Å². The summed E-state index contributed by atoms with van der Waals surface area (Å²) in [5, 5.41) is 11.4. The van der Waals surface area contributed by atoms with Crippen LogP contribution in [0.1, 0.15) is 72.6 Å². The van der Waals surface area contributed by atoms with Gasteiger partial charge in [0, 0.05) is 18.8 Å². The van der Waals surface area contributed by atoms with Crippen LogP contribution in [0.4, 0.5) is 0 Å². The Hall–Kier alpha value is -1.49. The average Bonchev–Trinajstić information content (AvgIpc) is 2.88. The number of esters is 1. The lowest BCUT2D eigenvalue weighted by atomic mass is 9.45. The highest BCUT2D eigenvalue weighted by molar-refractivity contribution is 5.91. The molecule has 5 nitrogen and oxygen atoms in total. The number of carbonyl (C=O) groups excluding carboxylic acids is 3. The molecular weight excluding hydrogens is 356 g/mol. The summed E-state index contributed by atoms with van der Waals surface area (Å²) in [5.74, 6) is 0.275. The topological polar surface area (TPSA) is 80.7 Å². The van der Waals surface area contributed by atoms with Gasteiger partial charge in [0.1, 0.15) is 0 Å². The second-order valence-electron chi connectivity index (χ2n) is 10.1. The number of fused-ring (bicyclic) bond motifs is 5. The molecular formula is C23H32O5. The van der Waals surface area contributed by atoms with E-state index in [1.807, 2.05) is 13.0 Å². The first-order chi connectivity index (χ1) is 13.0. The van der Waals surface area contributed by atoms with Gasteiger partial charge in [0.25, 0.3) is 0 Å². The third-order valence-corrected chi connectivity index (χ3v) is 8.90. The zero-order valence-electron chi connectivity index (χ0n) is 17.4. The predicted molar refractivity (Wildman–Crippen MR) is 103 cm³/mol. The molecule has 5 heteroatoms. The van der Waals surface area contributed by atoms with E-state index in [9.17, 15) is 19.5 Å². The summed E-state index contributed by atoms with van der Waals surface area (Å²) < 4.78 is 5.75. The number of ketones is 2. The van der Waals surface area contributed by atoms with Crippen LogP contribution in [0.3, 0.4) is 0 Å². The molecule has 7 atom stereocenters. The SMILES string of the molecule is CC(=O)O[C@]1(C(C)=O)CC[C@H]2[C@@H]3CCC4=CC(=O)CC[C@]4(C)[C@H]3C(O)C[C@@]21C. The minimum Gasteiger partial charge on any atom is -0.451 e. The molecule has 0 amide bonds. The van der Waals surface area contributed by atoms with Crippen molar-refractivity contribution < 1.29 is 24.2 Å². The third kappa shape index (κ3) is 2.44. The van der Waals surface area contributed by atoms with Crippen LogP contribution >= 0.6 is 0 Å². The molecule has 3 fully saturated rings. The van der Waals surface area contributed by atoms with Crippen molar-refractivity contribution in [2.75, 3.05) is 0 Å². The highest BCUT2D eigenvalue weighted by atomic mass is 16.6. The number of aliphatic hydroxyl groups excluding tert-OH is 1. The zero-order chi connectivity index (χ0) is 20.5. The molecule has 4 aliphatic carbocycles. The molecule has 154 valence electrons. The van der Waals surface area contributed by atoms with E-state index >= 15 is 0 Å². The maximum Gasteiger partial charge on any atom is 0.303 e. The summed E-state index contributed by atoms with van der Waals surface area (Å²) in [4.78, 5) is 36.6. The van der Waals surface area contributed by atoms with Gasteiger partial charge in [-0.15, -0.1) is 0 Å². The number of hydrogen-bond donors (Lipinski definition) is 1. The lowest BCUT2D eigenvalue weighted by Crippen LogP contribution is -2.62. The molecule has 0 spiro atoms. The van der Waals surface area contributed by atoms with Crippen molar-refractivity contribution in [3.8, 4) is 0 Å². The van der Waals surface area contributed by atoms with Crippen molar-refractivity contribution in [1.29, 1.82) is 0 Å². The standard InChI is InChI=1S/C23H32O5/c1-13(24)23(28-14(2)25)10-8-18-17-6-5-15-11-16(26)7-9-21(15,3)20(17)19(27)12-22(18,23)4/h11,17-20,27H,5-10,12H2,1-4H3/t17-,18-,19?,20+,21-,22-,23-/m0/s1. The molecule has 28 heavy (non-hydrogen) atoms. The van der Waals surface area contributed by atoms with Crippen molar-refractivity contribution in [3.63, 3.8) is 0 Å². The van der Waals surface area contributed by atoms with Gasteiger partial charge < -0.3 is 9.84 Å². The van der Waals surface area contributed by atoms with Crippen molar-refractivity contribution in [1.82, 2.24) is 0 Å². The van der Waals surface area contributed by atoms with Crippen LogP contribution in [-0.2, 0) is 19.1 Å². The Bertz CT molecular complexity index is 769. The number of allylic oxidation sites excluding steroid dienone is 1. The lowest BCUT2D eigenvalue weighted by Gasteiger charge is -2.60. The van der Waals surface area contributed by atoms with Crippen molar-refractivity contribution in [3.05, 3.63) is 11.6 Å². The van der Waals surface area contributed by atoms with E-state index in [2.05, 4.69) is 6.92 Å². The summed E-state index contributed by atoms with van der Waals surface area (Å²) in [7, 11) is 0. The van der Waals surface area contributed by atoms with Gasteiger partial charge >= 0.3 is 5.97 Å². The van der Waals surface area contributed by atoms with E-state index < -0.39 is 23.1 Å². The fraction of sp³-hybridized carbons (Fsp3) is 0.783. The number of ether oxygens (including phenoxy) is 1. The van der Waals surface area contributed by atoms with E-state index in [1.54, 1.807) is 0 Å². The molecule has 0 radical (unpaired) electrons. The second-order valence-corrected chi connectivity index (χ2v) is 10.1. The molecule has 0 aromatic heterocycles. The van der Waals surface area contributed by atoms with Gasteiger partial charge in [0.2, 0.25) is 0 Å². The highest BCUT2D eigenvalue weighted by Crippen LogP contribution is 2.68. The molecule has 0 saturated heterocycles. The molecule has 1 N–H and O–H groups in total. The summed E-state index contributed by atoms with van der Waals surface area (Å²) in [5.41, 5.74) is -0.633. The largest absolute Gasteiger partial charge is 0.451 e. The first kappa shape index (κ1) is 19.8. The lowest BCUT2D eigenvalue weighted by molar-refractivity contribution is -0.198. The van der Waals surface area contributed by atoms with Gasteiger partial charge in [0.15, 0.2) is 17.2 Å². The summed E-state index contributed by atoms with van der Waals surface area (Å²) >= 11 is 0. The van der Waals surface area contributed by atoms with E-state index in [0.717, 1.165) is 25.7 Å². The Labute approximate surface area is 166 Å². The van der Waals surface area contributed by atoms with Crippen molar-refractivity contribution in [2.45, 2.75) is 84.3 Å². The van der Waals surface area contributed by atoms with Gasteiger partial charge in [-0.25, -0.2) is 0 Å². The van der Waals surface area contributed by atoms with Gasteiger partial charge in [-0.05, 0) is 74.7 Å². The van der Waals surface area contributed by atoms with Crippen LogP contribution in [0.5, 0.6) is 0 Å². The molecule has 1 unspecified atom stereocenters. The van der Waals surface area contributed by atoms with Gasteiger partial charge in [-0.1, -0.05) is 19.4 Å². The Morgan fingerprint density at radius 1 is 1.14 bits per heavy atom. The van der Waals surface area contributed by atoms with Gasteiger partial charge in [0.05, 0.1) is 6.10 Å². The fourth-order valence-corrected chi connectivity index (χ4v) is 7.74. The number of rotatable bonds is 2. The Morgan fingerprint density at radius 2 is 1.86 bits per heavy atom. The predicted octanol–water partition coefficient (Wildman–Crippen LogP) is 3.38. The van der Waals surface area contributed by atoms with Crippen LogP contribution in [0.15, 0.2) is 11.6 Å². The second kappa shape index (κ2) is 6.25. The van der Waals surface area contributed by atoms with Crippen LogP contribution < -0.4 is 0 Å². The summed E-state index contributed by atoms with van der Waals surface area (Å²) in [6.07, 6.45) is 6.23. The minimum atomic E-state index is -1.13. The average molecular weight is 389 g/mol. The van der Waals surface area contributed by atoms with Crippen LogP contribution in [-0.4, -0.2) is 34.3 Å². The number of Topliss-reactive ketones (excluding diaryl/α,β-unsaturated/α-hetero) is 1. The molecule has 0 heterocycles. The molecule has 0 bridgehead atoms. The first-order valence-corrected chi connectivity index (χ1v) is 10.7. The number of hydrogen-bond acceptors (Lipinski definition) is 5. The minimum absolute atomic E-state index is 0.0961. The van der Waals surface area contributed by atoms with Crippen LogP contribution in [0.25, 0.3) is 0 Å². The van der Waals surface area contributed by atoms with E-state index in [0.29, 0.717) is 19.3 Å². The summed E-state index contributed by atoms with van der Waals surface area (Å²) in [6, 6.07) is 0. The maximum atomic E-state index is 12.8. The van der Waals surface area contributed by atoms with E-state index in [-0.39, 0.29) is 34.7 Å². The first-order valence-electron chi connectivity index (χ1n) is 10.7. The molecule has 0 aromatic carbocycles. The van der Waals surface area contributed by atoms with Crippen LogP contribution in [0, 0.1) is 28.6 Å². The van der Waals surface area contributed by atoms with Gasteiger partial charge in [-0.2, -0.15) is 0 Å². The highest BCUT2D eigenvalue weighted by Gasteiger charge is 2.69. The molecule has 4 rings (SSSR count). The van der Waals surface area contributed by atoms with Crippen LogP contribution in [0.2, 0.25) is 0 Å². The zero-order valence-corrected chi connectivity index (χ0v) is 17.4. The monoisotopic (exact) mass is 388 g/mol. The Kier molecular flexibility index (Phi) is 4.42. The van der Waals surface area contributed by atoms with E-state index in [4.69, 9.17) is 4.74 Å². The smallest absolute Gasteiger partial charge is 0.303 e. The molecule has 0 aromatic rings. The fourth-order valence-electron chi connectivity index (χ4n) is 7.74. The number of carbonyl (C=O) groups is 3. The molecule has 0 aliphatic heterocycles. The van der Waals surface area contributed by atoms with E-state index in [1.165, 1.54) is 19.4 Å². The molecule has 3 saturated carbocycles. The maximum absolute atomic E-state index is 12.8. The quantitative estimate of drug-likeness (QED) is 0.734. The normalized spacial score (nSPS) is 47.5. The molecule has 4 aliphatic rings. The third-order valence-electron chi connectivity index (χ3n) is 8.90. The number of aliphatic hydroxyl groups is 1. The van der Waals surface area contributed by atoms with Crippen molar-refractivity contribution in [2.24, 2.45) is 28.6 Å². The van der Waals surface area contributed by atoms with Crippen molar-refractivity contribution >= 4 is 17.5 Å². The Balaban J connectivity index is 1.75.